The van der Waals surface area contributed by atoms with E-state index in [2.05, 4.69) is 25.5 Å². The fourth-order valence-electron chi connectivity index (χ4n) is 2.10. The van der Waals surface area contributed by atoms with Crippen LogP contribution < -0.4 is 0 Å². The summed E-state index contributed by atoms with van der Waals surface area (Å²) in [7, 11) is 0. The lowest BCUT2D eigenvalue weighted by molar-refractivity contribution is 0.423. The van der Waals surface area contributed by atoms with Gasteiger partial charge in [-0.25, -0.2) is 14.6 Å². The molecular formula is C10H11ClN6S. The Morgan fingerprint density at radius 1 is 1.28 bits per heavy atom. The van der Waals surface area contributed by atoms with Crippen molar-refractivity contribution in [2.24, 2.45) is 0 Å². The number of aromatic nitrogens is 6. The minimum atomic E-state index is 0.416. The molecule has 8 heteroatoms. The zero-order chi connectivity index (χ0) is 12.4. The third kappa shape index (κ3) is 2.46. The van der Waals surface area contributed by atoms with Gasteiger partial charge in [0.1, 0.15) is 16.5 Å². The number of hydrogen-bond acceptors (Lipinski definition) is 6. The number of tetrazole rings is 1. The van der Waals surface area contributed by atoms with Gasteiger partial charge in [0.2, 0.25) is 5.16 Å². The maximum atomic E-state index is 5.83. The predicted molar refractivity (Wildman–Crippen MR) is 66.5 cm³/mol. The van der Waals surface area contributed by atoms with Gasteiger partial charge in [-0.15, -0.1) is 5.10 Å². The SMILES string of the molecule is Clc1cc(Sc2nnnn2C2CCCC2)ncn1. The molecule has 2 aromatic rings. The highest BCUT2D eigenvalue weighted by Crippen LogP contribution is 2.33. The zero-order valence-electron chi connectivity index (χ0n) is 9.53. The second-order valence-electron chi connectivity index (χ2n) is 4.13. The van der Waals surface area contributed by atoms with Crippen LogP contribution in [0.4, 0.5) is 0 Å². The van der Waals surface area contributed by atoms with Gasteiger partial charge in [-0.2, -0.15) is 0 Å². The van der Waals surface area contributed by atoms with E-state index in [1.165, 1.54) is 30.9 Å². The maximum Gasteiger partial charge on any atom is 0.215 e. The van der Waals surface area contributed by atoms with Crippen LogP contribution in [0, 0.1) is 0 Å². The highest BCUT2D eigenvalue weighted by molar-refractivity contribution is 7.99. The van der Waals surface area contributed by atoms with E-state index < -0.39 is 0 Å². The van der Waals surface area contributed by atoms with Crippen molar-refractivity contribution < 1.29 is 0 Å². The van der Waals surface area contributed by atoms with Crippen LogP contribution in [-0.4, -0.2) is 30.2 Å². The Labute approximate surface area is 113 Å². The van der Waals surface area contributed by atoms with Gasteiger partial charge >= 0.3 is 0 Å². The van der Waals surface area contributed by atoms with E-state index in [0.29, 0.717) is 11.2 Å². The number of hydrogen-bond donors (Lipinski definition) is 0. The summed E-state index contributed by atoms with van der Waals surface area (Å²) >= 11 is 7.24. The van der Waals surface area contributed by atoms with Crippen LogP contribution in [0.2, 0.25) is 5.15 Å². The lowest BCUT2D eigenvalue weighted by atomic mass is 10.3. The molecule has 1 aliphatic carbocycles. The molecule has 2 aromatic heterocycles. The van der Waals surface area contributed by atoms with E-state index in [4.69, 9.17) is 11.6 Å². The Morgan fingerprint density at radius 2 is 2.11 bits per heavy atom. The molecule has 18 heavy (non-hydrogen) atoms. The molecule has 0 N–H and O–H groups in total. The summed E-state index contributed by atoms with van der Waals surface area (Å²) in [6.45, 7) is 0. The van der Waals surface area contributed by atoms with Crippen molar-refractivity contribution in [2.75, 3.05) is 0 Å². The Bertz CT molecular complexity index is 539. The zero-order valence-corrected chi connectivity index (χ0v) is 11.1. The second-order valence-corrected chi connectivity index (χ2v) is 5.50. The molecule has 0 saturated heterocycles. The number of rotatable bonds is 3. The van der Waals surface area contributed by atoms with Gasteiger partial charge in [0.25, 0.3) is 0 Å². The van der Waals surface area contributed by atoms with Crippen LogP contribution in [0.1, 0.15) is 31.7 Å². The molecule has 0 unspecified atom stereocenters. The molecule has 1 saturated carbocycles. The highest BCUT2D eigenvalue weighted by Gasteiger charge is 2.22. The summed E-state index contributed by atoms with van der Waals surface area (Å²) in [6.07, 6.45) is 6.21. The topological polar surface area (TPSA) is 69.4 Å². The van der Waals surface area contributed by atoms with Crippen molar-refractivity contribution >= 4 is 23.4 Å². The van der Waals surface area contributed by atoms with Crippen LogP contribution in [0.5, 0.6) is 0 Å². The Hall–Kier alpha value is -1.21. The third-order valence-electron chi connectivity index (χ3n) is 2.94. The predicted octanol–water partition coefficient (Wildman–Crippen LogP) is 2.38. The molecule has 0 aromatic carbocycles. The number of halogens is 1. The van der Waals surface area contributed by atoms with Gasteiger partial charge in [-0.05, 0) is 35.0 Å². The van der Waals surface area contributed by atoms with Gasteiger partial charge < -0.3 is 0 Å². The second kappa shape index (κ2) is 5.19. The average Bonchev–Trinajstić information content (AvgIpc) is 2.98. The minimum Gasteiger partial charge on any atom is -0.229 e. The van der Waals surface area contributed by atoms with Gasteiger partial charge in [0.15, 0.2) is 0 Å². The fraction of sp³-hybridized carbons (Fsp3) is 0.500. The summed E-state index contributed by atoms with van der Waals surface area (Å²) in [4.78, 5) is 7.99. The van der Waals surface area contributed by atoms with Crippen molar-refractivity contribution in [1.29, 1.82) is 0 Å². The molecule has 0 spiro atoms. The molecule has 1 fully saturated rings. The van der Waals surface area contributed by atoms with Crippen LogP contribution in [-0.2, 0) is 0 Å². The first-order valence-electron chi connectivity index (χ1n) is 5.76. The van der Waals surface area contributed by atoms with Crippen molar-refractivity contribution in [3.63, 3.8) is 0 Å². The molecule has 1 aliphatic rings. The van der Waals surface area contributed by atoms with E-state index in [1.807, 2.05) is 4.68 Å². The van der Waals surface area contributed by atoms with E-state index in [0.717, 1.165) is 23.0 Å². The van der Waals surface area contributed by atoms with Crippen LogP contribution in [0.25, 0.3) is 0 Å². The van der Waals surface area contributed by atoms with Crippen molar-refractivity contribution in [3.8, 4) is 0 Å². The third-order valence-corrected chi connectivity index (χ3v) is 4.03. The normalized spacial score (nSPS) is 16.3. The largest absolute Gasteiger partial charge is 0.229 e. The molecule has 0 bridgehead atoms. The van der Waals surface area contributed by atoms with E-state index >= 15 is 0 Å². The fourth-order valence-corrected chi connectivity index (χ4v) is 3.12. The summed E-state index contributed by atoms with van der Waals surface area (Å²) in [5.74, 6) is 0. The van der Waals surface area contributed by atoms with Gasteiger partial charge in [0.05, 0.1) is 6.04 Å². The molecule has 6 nitrogen and oxygen atoms in total. The lowest BCUT2D eigenvalue weighted by Gasteiger charge is -2.10. The molecule has 0 atom stereocenters. The Kier molecular flexibility index (Phi) is 3.42. The summed E-state index contributed by atoms with van der Waals surface area (Å²) in [6, 6.07) is 2.12. The Balaban J connectivity index is 1.82. The summed E-state index contributed by atoms with van der Waals surface area (Å²) in [5, 5.41) is 13.8. The standard InChI is InChI=1S/C10H11ClN6S/c11-8-5-9(13-6-12-8)18-10-14-15-16-17(10)7-3-1-2-4-7/h5-7H,1-4H2. The van der Waals surface area contributed by atoms with Gasteiger partial charge in [-0.3, -0.25) is 0 Å². The maximum absolute atomic E-state index is 5.83. The molecule has 94 valence electrons. The van der Waals surface area contributed by atoms with Crippen molar-refractivity contribution in [3.05, 3.63) is 17.5 Å². The van der Waals surface area contributed by atoms with Crippen molar-refractivity contribution in [2.45, 2.75) is 41.9 Å². The summed E-state index contributed by atoms with van der Waals surface area (Å²) in [5.41, 5.74) is 0. The molecule has 3 rings (SSSR count). The molecule has 0 amide bonds. The Morgan fingerprint density at radius 3 is 2.89 bits per heavy atom. The van der Waals surface area contributed by atoms with Crippen LogP contribution in [0.15, 0.2) is 22.6 Å². The van der Waals surface area contributed by atoms with Crippen molar-refractivity contribution in [1.82, 2.24) is 30.2 Å². The van der Waals surface area contributed by atoms with Crippen LogP contribution >= 0.6 is 23.4 Å². The molecule has 2 heterocycles. The lowest BCUT2D eigenvalue weighted by Crippen LogP contribution is -2.08. The van der Waals surface area contributed by atoms with E-state index in [1.54, 1.807) is 6.07 Å². The monoisotopic (exact) mass is 282 g/mol. The highest BCUT2D eigenvalue weighted by atomic mass is 35.5. The van der Waals surface area contributed by atoms with Crippen LogP contribution in [0.3, 0.4) is 0 Å². The van der Waals surface area contributed by atoms with Gasteiger partial charge in [-0.1, -0.05) is 24.4 Å². The number of nitrogens with zero attached hydrogens (tertiary/aromatic N) is 6. The first kappa shape index (κ1) is 11.9. The molecule has 0 aliphatic heterocycles. The molecular weight excluding hydrogens is 272 g/mol. The first-order valence-corrected chi connectivity index (χ1v) is 6.95. The quantitative estimate of drug-likeness (QED) is 0.805. The molecule has 0 radical (unpaired) electrons. The van der Waals surface area contributed by atoms with E-state index in [9.17, 15) is 0 Å². The van der Waals surface area contributed by atoms with E-state index in [-0.39, 0.29) is 0 Å². The summed E-state index contributed by atoms with van der Waals surface area (Å²) < 4.78 is 1.90. The first-order chi connectivity index (χ1) is 8.83. The minimum absolute atomic E-state index is 0.416. The van der Waals surface area contributed by atoms with Gasteiger partial charge in [0, 0.05) is 6.07 Å². The average molecular weight is 283 g/mol. The smallest absolute Gasteiger partial charge is 0.215 e.